The fourth-order valence-corrected chi connectivity index (χ4v) is 2.38. The van der Waals surface area contributed by atoms with Crippen molar-refractivity contribution in [2.24, 2.45) is 7.05 Å². The van der Waals surface area contributed by atoms with Crippen LogP contribution in [0.25, 0.3) is 11.3 Å². The van der Waals surface area contributed by atoms with Gasteiger partial charge in [-0.25, -0.2) is 15.0 Å². The number of nitrogens with zero attached hydrogens (tertiary/aromatic N) is 4. The Morgan fingerprint density at radius 3 is 2.46 bits per heavy atom. The first kappa shape index (κ1) is 15.5. The van der Waals surface area contributed by atoms with Crippen LogP contribution in [0, 0.1) is 0 Å². The summed E-state index contributed by atoms with van der Waals surface area (Å²) in [7, 11) is 1.84. The number of nitrogens with two attached hydrogens (primary N) is 2. The first-order valence-corrected chi connectivity index (χ1v) is 7.27. The van der Waals surface area contributed by atoms with E-state index in [9.17, 15) is 4.79 Å². The minimum Gasteiger partial charge on any atom is -0.382 e. The van der Waals surface area contributed by atoms with Crippen LogP contribution in [-0.4, -0.2) is 25.4 Å². The molecule has 0 atom stereocenters. The van der Waals surface area contributed by atoms with Gasteiger partial charge in [0.05, 0.1) is 24.1 Å². The summed E-state index contributed by atoms with van der Waals surface area (Å²) in [6.45, 7) is 0. The molecule has 8 heteroatoms. The standard InChI is InChI=1S/C16H17N7O/c1-23-9-21-13(10-5-3-2-4-6-10)11(23)7-12(24)22-14-15(17)19-8-20-16(14)18/h2-6,8-9H,7H2,1H3,(H,22,24)(H4,17,18,19,20). The number of aromatic nitrogens is 4. The van der Waals surface area contributed by atoms with Crippen molar-refractivity contribution in [3.05, 3.63) is 48.7 Å². The zero-order valence-electron chi connectivity index (χ0n) is 13.1. The molecule has 0 bridgehead atoms. The van der Waals surface area contributed by atoms with E-state index >= 15 is 0 Å². The summed E-state index contributed by atoms with van der Waals surface area (Å²) in [6.07, 6.45) is 3.04. The van der Waals surface area contributed by atoms with Crippen molar-refractivity contribution in [3.8, 4) is 11.3 Å². The molecule has 0 unspecified atom stereocenters. The van der Waals surface area contributed by atoms with E-state index in [0.29, 0.717) is 0 Å². The summed E-state index contributed by atoms with van der Waals surface area (Å²) in [5, 5.41) is 2.67. The monoisotopic (exact) mass is 323 g/mol. The molecule has 3 rings (SSSR count). The van der Waals surface area contributed by atoms with Gasteiger partial charge in [0.2, 0.25) is 5.91 Å². The van der Waals surface area contributed by atoms with Crippen molar-refractivity contribution >= 4 is 23.2 Å². The second-order valence-electron chi connectivity index (χ2n) is 5.26. The first-order valence-electron chi connectivity index (χ1n) is 7.27. The third kappa shape index (κ3) is 3.02. The van der Waals surface area contributed by atoms with Crippen molar-refractivity contribution in [1.29, 1.82) is 0 Å². The molecule has 0 fully saturated rings. The molecule has 1 aromatic carbocycles. The van der Waals surface area contributed by atoms with Gasteiger partial charge in [0, 0.05) is 12.6 Å². The Bertz CT molecular complexity index is 853. The van der Waals surface area contributed by atoms with Crippen molar-refractivity contribution in [1.82, 2.24) is 19.5 Å². The van der Waals surface area contributed by atoms with E-state index in [1.54, 1.807) is 6.33 Å². The predicted molar refractivity (Wildman–Crippen MR) is 91.8 cm³/mol. The molecule has 0 saturated heterocycles. The number of anilines is 3. The number of amides is 1. The van der Waals surface area contributed by atoms with E-state index < -0.39 is 0 Å². The zero-order chi connectivity index (χ0) is 17.1. The number of rotatable bonds is 4. The summed E-state index contributed by atoms with van der Waals surface area (Å²) in [6, 6.07) is 9.68. The van der Waals surface area contributed by atoms with Crippen molar-refractivity contribution < 1.29 is 4.79 Å². The fraction of sp³-hybridized carbons (Fsp3) is 0.125. The molecular weight excluding hydrogens is 306 g/mol. The van der Waals surface area contributed by atoms with Crippen LogP contribution in [0.2, 0.25) is 0 Å². The maximum Gasteiger partial charge on any atom is 0.230 e. The van der Waals surface area contributed by atoms with Crippen LogP contribution in [0.1, 0.15) is 5.69 Å². The molecule has 0 aliphatic heterocycles. The lowest BCUT2D eigenvalue weighted by molar-refractivity contribution is -0.115. The first-order chi connectivity index (χ1) is 11.6. The molecule has 122 valence electrons. The van der Waals surface area contributed by atoms with Gasteiger partial charge in [-0.3, -0.25) is 4.79 Å². The SMILES string of the molecule is Cn1cnc(-c2ccccc2)c1CC(=O)Nc1c(N)ncnc1N. The molecule has 3 aromatic rings. The Hall–Kier alpha value is -3.42. The highest BCUT2D eigenvalue weighted by molar-refractivity contribution is 5.97. The van der Waals surface area contributed by atoms with Gasteiger partial charge >= 0.3 is 0 Å². The minimum absolute atomic E-state index is 0.120. The Labute approximate surface area is 138 Å². The Morgan fingerprint density at radius 1 is 1.12 bits per heavy atom. The van der Waals surface area contributed by atoms with E-state index in [1.807, 2.05) is 41.9 Å². The predicted octanol–water partition coefficient (Wildman–Crippen LogP) is 1.22. The molecule has 0 radical (unpaired) electrons. The number of aryl methyl sites for hydroxylation is 1. The van der Waals surface area contributed by atoms with Gasteiger partial charge in [-0.15, -0.1) is 0 Å². The zero-order valence-corrected chi connectivity index (χ0v) is 13.1. The van der Waals surface area contributed by atoms with Gasteiger partial charge in [0.1, 0.15) is 12.0 Å². The van der Waals surface area contributed by atoms with Gasteiger partial charge in [-0.05, 0) is 0 Å². The van der Waals surface area contributed by atoms with Crippen molar-refractivity contribution in [2.75, 3.05) is 16.8 Å². The molecule has 1 amide bonds. The molecule has 24 heavy (non-hydrogen) atoms. The number of imidazole rings is 1. The van der Waals surface area contributed by atoms with Gasteiger partial charge in [0.15, 0.2) is 11.6 Å². The Morgan fingerprint density at radius 2 is 1.79 bits per heavy atom. The molecule has 0 aliphatic carbocycles. The van der Waals surface area contributed by atoms with E-state index in [2.05, 4.69) is 20.3 Å². The van der Waals surface area contributed by atoms with Gasteiger partial charge in [-0.1, -0.05) is 30.3 Å². The number of carbonyl (C=O) groups excluding carboxylic acids is 1. The van der Waals surface area contributed by atoms with E-state index in [0.717, 1.165) is 17.0 Å². The van der Waals surface area contributed by atoms with Crippen LogP contribution >= 0.6 is 0 Å². The molecule has 8 nitrogen and oxygen atoms in total. The molecule has 2 heterocycles. The van der Waals surface area contributed by atoms with Crippen LogP contribution in [0.4, 0.5) is 17.3 Å². The van der Waals surface area contributed by atoms with Crippen LogP contribution in [-0.2, 0) is 18.3 Å². The molecule has 0 spiro atoms. The lowest BCUT2D eigenvalue weighted by Gasteiger charge is -2.10. The number of hydrogen-bond donors (Lipinski definition) is 3. The lowest BCUT2D eigenvalue weighted by Crippen LogP contribution is -2.19. The van der Waals surface area contributed by atoms with Crippen LogP contribution in [0.3, 0.4) is 0 Å². The van der Waals surface area contributed by atoms with Gasteiger partial charge in [0.25, 0.3) is 0 Å². The second-order valence-corrected chi connectivity index (χ2v) is 5.26. The van der Waals surface area contributed by atoms with Crippen molar-refractivity contribution in [3.63, 3.8) is 0 Å². The number of nitrogen functional groups attached to an aromatic ring is 2. The quantitative estimate of drug-likeness (QED) is 0.663. The average molecular weight is 323 g/mol. The summed E-state index contributed by atoms with van der Waals surface area (Å²) in [4.78, 5) is 24.4. The Kier molecular flexibility index (Phi) is 4.11. The van der Waals surface area contributed by atoms with E-state index in [4.69, 9.17) is 11.5 Å². The number of carbonyl (C=O) groups is 1. The number of hydrogen-bond acceptors (Lipinski definition) is 6. The largest absolute Gasteiger partial charge is 0.382 e. The summed E-state index contributed by atoms with van der Waals surface area (Å²) < 4.78 is 1.82. The molecule has 2 aromatic heterocycles. The molecular formula is C16H17N7O. The third-order valence-electron chi connectivity index (χ3n) is 3.60. The maximum atomic E-state index is 12.4. The van der Waals surface area contributed by atoms with E-state index in [1.165, 1.54) is 6.33 Å². The summed E-state index contributed by atoms with van der Waals surface area (Å²) in [5.41, 5.74) is 14.2. The highest BCUT2D eigenvalue weighted by atomic mass is 16.1. The Balaban J connectivity index is 1.84. The molecule has 0 saturated carbocycles. The highest BCUT2D eigenvalue weighted by Gasteiger charge is 2.17. The third-order valence-corrected chi connectivity index (χ3v) is 3.60. The topological polar surface area (TPSA) is 125 Å². The average Bonchev–Trinajstić information content (AvgIpc) is 2.93. The van der Waals surface area contributed by atoms with Crippen LogP contribution in [0.15, 0.2) is 43.0 Å². The highest BCUT2D eigenvalue weighted by Crippen LogP contribution is 2.24. The van der Waals surface area contributed by atoms with E-state index in [-0.39, 0.29) is 29.7 Å². The summed E-state index contributed by atoms with van der Waals surface area (Å²) in [5.74, 6) is -0.0164. The van der Waals surface area contributed by atoms with Crippen LogP contribution < -0.4 is 16.8 Å². The minimum atomic E-state index is -0.274. The molecule has 0 aliphatic rings. The van der Waals surface area contributed by atoms with Gasteiger partial charge < -0.3 is 21.4 Å². The maximum absolute atomic E-state index is 12.4. The molecule has 5 N–H and O–H groups in total. The fourth-order valence-electron chi connectivity index (χ4n) is 2.38. The normalized spacial score (nSPS) is 10.5. The second kappa shape index (κ2) is 6.37. The van der Waals surface area contributed by atoms with Gasteiger partial charge in [-0.2, -0.15) is 0 Å². The summed E-state index contributed by atoms with van der Waals surface area (Å²) >= 11 is 0. The number of nitrogens with one attached hydrogen (secondary N) is 1. The van der Waals surface area contributed by atoms with Crippen molar-refractivity contribution in [2.45, 2.75) is 6.42 Å². The smallest absolute Gasteiger partial charge is 0.230 e. The van der Waals surface area contributed by atoms with Crippen LogP contribution in [0.5, 0.6) is 0 Å². The number of benzene rings is 1. The lowest BCUT2D eigenvalue weighted by atomic mass is 10.1.